The highest BCUT2D eigenvalue weighted by Gasteiger charge is 2.35. The van der Waals surface area contributed by atoms with Crippen LogP contribution in [0.3, 0.4) is 0 Å². The molecule has 2 aromatic rings. The molecule has 0 amide bonds. The van der Waals surface area contributed by atoms with E-state index in [1.54, 1.807) is 0 Å². The van der Waals surface area contributed by atoms with E-state index in [9.17, 15) is 0 Å². The highest BCUT2D eigenvalue weighted by molar-refractivity contribution is 5.60. The number of hydrogen-bond donors (Lipinski definition) is 0. The minimum atomic E-state index is -0.153. The lowest BCUT2D eigenvalue weighted by Crippen LogP contribution is -2.37. The van der Waals surface area contributed by atoms with Crippen molar-refractivity contribution in [2.75, 3.05) is 6.61 Å². The molecule has 110 valence electrons. The molecule has 1 aliphatic carbocycles. The highest BCUT2D eigenvalue weighted by Crippen LogP contribution is 2.41. The van der Waals surface area contributed by atoms with Crippen LogP contribution in [0.1, 0.15) is 50.3 Å². The molecule has 1 unspecified atom stereocenters. The molecule has 0 N–H and O–H groups in total. The van der Waals surface area contributed by atoms with Gasteiger partial charge in [0.15, 0.2) is 0 Å². The first-order valence-corrected chi connectivity index (χ1v) is 7.87. The summed E-state index contributed by atoms with van der Waals surface area (Å²) in [6, 6.07) is 4.46. The molecule has 2 aliphatic rings. The summed E-state index contributed by atoms with van der Waals surface area (Å²) in [5, 5.41) is 4.75. The molecule has 1 saturated carbocycles. The van der Waals surface area contributed by atoms with Gasteiger partial charge in [-0.3, -0.25) is 9.67 Å². The van der Waals surface area contributed by atoms with Crippen LogP contribution in [0.25, 0.3) is 11.3 Å². The van der Waals surface area contributed by atoms with Crippen molar-refractivity contribution in [3.05, 3.63) is 35.8 Å². The summed E-state index contributed by atoms with van der Waals surface area (Å²) in [6.45, 7) is 6.02. The van der Waals surface area contributed by atoms with Crippen LogP contribution < -0.4 is 0 Å². The van der Waals surface area contributed by atoms with E-state index in [1.165, 1.54) is 29.8 Å². The SMILES string of the molecule is CCn1nc(C2CC2)cc1-c1cncc(C2(C)CCO2)c1. The second-order valence-corrected chi connectivity index (χ2v) is 6.34. The maximum atomic E-state index is 5.74. The van der Waals surface area contributed by atoms with Gasteiger partial charge in [0, 0.05) is 42.4 Å². The summed E-state index contributed by atoms with van der Waals surface area (Å²) < 4.78 is 7.84. The van der Waals surface area contributed by atoms with Crippen LogP contribution in [0.2, 0.25) is 0 Å². The Hall–Kier alpha value is -1.68. The van der Waals surface area contributed by atoms with Gasteiger partial charge in [-0.05, 0) is 38.8 Å². The van der Waals surface area contributed by atoms with Gasteiger partial charge in [-0.25, -0.2) is 0 Å². The lowest BCUT2D eigenvalue weighted by molar-refractivity contribution is -0.140. The highest BCUT2D eigenvalue weighted by atomic mass is 16.5. The second-order valence-electron chi connectivity index (χ2n) is 6.34. The van der Waals surface area contributed by atoms with Crippen LogP contribution in [-0.4, -0.2) is 21.4 Å². The lowest BCUT2D eigenvalue weighted by atomic mass is 9.89. The van der Waals surface area contributed by atoms with E-state index < -0.39 is 0 Å². The van der Waals surface area contributed by atoms with Gasteiger partial charge in [0.1, 0.15) is 0 Å². The summed E-state index contributed by atoms with van der Waals surface area (Å²) in [7, 11) is 0. The van der Waals surface area contributed by atoms with Crippen LogP contribution in [-0.2, 0) is 16.9 Å². The maximum absolute atomic E-state index is 5.74. The second kappa shape index (κ2) is 4.67. The molecule has 4 heteroatoms. The Morgan fingerprint density at radius 2 is 2.14 bits per heavy atom. The minimum Gasteiger partial charge on any atom is -0.370 e. The third kappa shape index (κ3) is 2.18. The van der Waals surface area contributed by atoms with Gasteiger partial charge in [0.2, 0.25) is 0 Å². The Labute approximate surface area is 125 Å². The lowest BCUT2D eigenvalue weighted by Gasteiger charge is -2.38. The quantitative estimate of drug-likeness (QED) is 0.862. The number of ether oxygens (including phenoxy) is 1. The van der Waals surface area contributed by atoms with Crippen molar-refractivity contribution in [3.63, 3.8) is 0 Å². The number of aromatic nitrogens is 3. The van der Waals surface area contributed by atoms with E-state index in [1.807, 2.05) is 12.4 Å². The van der Waals surface area contributed by atoms with Crippen molar-refractivity contribution in [1.29, 1.82) is 0 Å². The van der Waals surface area contributed by atoms with Gasteiger partial charge in [0.25, 0.3) is 0 Å². The molecule has 1 atom stereocenters. The molecule has 2 aromatic heterocycles. The molecule has 2 fully saturated rings. The molecule has 21 heavy (non-hydrogen) atoms. The molecule has 1 aliphatic heterocycles. The molecule has 4 nitrogen and oxygen atoms in total. The van der Waals surface area contributed by atoms with E-state index in [0.717, 1.165) is 25.1 Å². The smallest absolute Gasteiger partial charge is 0.0940 e. The van der Waals surface area contributed by atoms with Gasteiger partial charge in [-0.1, -0.05) is 0 Å². The predicted octanol–water partition coefficient (Wildman–Crippen LogP) is 3.48. The third-order valence-corrected chi connectivity index (χ3v) is 4.74. The van der Waals surface area contributed by atoms with Gasteiger partial charge in [-0.15, -0.1) is 0 Å². The fourth-order valence-electron chi connectivity index (χ4n) is 2.99. The fourth-order valence-corrected chi connectivity index (χ4v) is 2.99. The number of hydrogen-bond acceptors (Lipinski definition) is 3. The van der Waals surface area contributed by atoms with Crippen LogP contribution in [0.4, 0.5) is 0 Å². The zero-order valence-corrected chi connectivity index (χ0v) is 12.7. The van der Waals surface area contributed by atoms with E-state index in [4.69, 9.17) is 9.84 Å². The monoisotopic (exact) mass is 283 g/mol. The summed E-state index contributed by atoms with van der Waals surface area (Å²) in [6.07, 6.45) is 7.50. The Bertz CT molecular complexity index is 668. The van der Waals surface area contributed by atoms with E-state index in [0.29, 0.717) is 5.92 Å². The van der Waals surface area contributed by atoms with Crippen molar-refractivity contribution in [1.82, 2.24) is 14.8 Å². The first-order valence-electron chi connectivity index (χ1n) is 7.87. The maximum Gasteiger partial charge on any atom is 0.0940 e. The molecule has 1 saturated heterocycles. The summed E-state index contributed by atoms with van der Waals surface area (Å²) >= 11 is 0. The number of rotatable bonds is 4. The largest absolute Gasteiger partial charge is 0.370 e. The predicted molar refractivity (Wildman–Crippen MR) is 81.0 cm³/mol. The average Bonchev–Trinajstić information content (AvgIpc) is 3.24. The van der Waals surface area contributed by atoms with Crippen LogP contribution in [0, 0.1) is 0 Å². The minimum absolute atomic E-state index is 0.153. The van der Waals surface area contributed by atoms with Gasteiger partial charge >= 0.3 is 0 Å². The van der Waals surface area contributed by atoms with Crippen molar-refractivity contribution < 1.29 is 4.74 Å². The molecule has 0 radical (unpaired) electrons. The average molecular weight is 283 g/mol. The van der Waals surface area contributed by atoms with Crippen LogP contribution in [0.5, 0.6) is 0 Å². The van der Waals surface area contributed by atoms with E-state index >= 15 is 0 Å². The fraction of sp³-hybridized carbons (Fsp3) is 0.529. The molecule has 4 rings (SSSR count). The van der Waals surface area contributed by atoms with Crippen molar-refractivity contribution in [2.24, 2.45) is 0 Å². The summed E-state index contributed by atoms with van der Waals surface area (Å²) in [4.78, 5) is 4.43. The normalized spacial score (nSPS) is 24.9. The number of nitrogens with zero attached hydrogens (tertiary/aromatic N) is 3. The zero-order chi connectivity index (χ0) is 14.4. The van der Waals surface area contributed by atoms with Crippen molar-refractivity contribution >= 4 is 0 Å². The Balaban J connectivity index is 1.74. The molecular weight excluding hydrogens is 262 g/mol. The van der Waals surface area contributed by atoms with E-state index in [2.05, 4.69) is 35.6 Å². The number of pyridine rings is 1. The molecule has 0 bridgehead atoms. The molecule has 0 aromatic carbocycles. The Kier molecular flexibility index (Phi) is 2.89. The van der Waals surface area contributed by atoms with Crippen molar-refractivity contribution in [3.8, 4) is 11.3 Å². The third-order valence-electron chi connectivity index (χ3n) is 4.74. The Morgan fingerprint density at radius 1 is 1.33 bits per heavy atom. The first kappa shape index (κ1) is 13.0. The van der Waals surface area contributed by atoms with Gasteiger partial charge in [0.05, 0.1) is 23.6 Å². The zero-order valence-electron chi connectivity index (χ0n) is 12.7. The Morgan fingerprint density at radius 3 is 2.76 bits per heavy atom. The molecule has 3 heterocycles. The summed E-state index contributed by atoms with van der Waals surface area (Å²) in [5.41, 5.74) is 4.58. The molecular formula is C17H21N3O. The number of aryl methyl sites for hydroxylation is 1. The summed E-state index contributed by atoms with van der Waals surface area (Å²) in [5.74, 6) is 0.681. The standard InChI is InChI=1S/C17H21N3O/c1-3-20-16(9-15(19-20)12-4-5-12)13-8-14(11-18-10-13)17(2)6-7-21-17/h8-12H,3-7H2,1-2H3. The van der Waals surface area contributed by atoms with Crippen LogP contribution in [0.15, 0.2) is 24.5 Å². The topological polar surface area (TPSA) is 39.9 Å². The van der Waals surface area contributed by atoms with Gasteiger partial charge in [-0.2, -0.15) is 5.10 Å². The first-order chi connectivity index (χ1) is 10.2. The van der Waals surface area contributed by atoms with Gasteiger partial charge < -0.3 is 4.74 Å². The van der Waals surface area contributed by atoms with E-state index in [-0.39, 0.29) is 5.60 Å². The van der Waals surface area contributed by atoms with Crippen molar-refractivity contribution in [2.45, 2.75) is 51.2 Å². The van der Waals surface area contributed by atoms with Crippen LogP contribution >= 0.6 is 0 Å². The molecule has 0 spiro atoms.